The van der Waals surface area contributed by atoms with Gasteiger partial charge in [-0.1, -0.05) is 296 Å². The molecule has 0 N–H and O–H groups in total. The van der Waals surface area contributed by atoms with E-state index in [1.807, 2.05) is 45.6 Å². The highest BCUT2D eigenvalue weighted by Crippen LogP contribution is 2.55. The number of thioether (sulfide) groups is 2. The van der Waals surface area contributed by atoms with Gasteiger partial charge in [-0.2, -0.15) is 0 Å². The van der Waals surface area contributed by atoms with Gasteiger partial charge in [0.05, 0.1) is 85.4 Å². The van der Waals surface area contributed by atoms with E-state index in [0.29, 0.717) is 80.0 Å². The molecule has 0 spiro atoms. The predicted molar refractivity (Wildman–Crippen MR) is 575 cm³/mol. The summed E-state index contributed by atoms with van der Waals surface area (Å²) in [6.07, 6.45) is 36.6. The zero-order chi connectivity index (χ0) is 93.0. The van der Waals surface area contributed by atoms with Crippen molar-refractivity contribution in [1.82, 2.24) is 34.0 Å². The summed E-state index contributed by atoms with van der Waals surface area (Å²) in [5.74, 6) is 0.452. The molecule has 2 fully saturated rings. The van der Waals surface area contributed by atoms with E-state index in [9.17, 15) is 9.59 Å². The third kappa shape index (κ3) is 21.2. The summed E-state index contributed by atoms with van der Waals surface area (Å²) in [5.41, 5.74) is 9.64. The summed E-state index contributed by atoms with van der Waals surface area (Å²) in [7, 11) is 0. The number of fused-ring (bicyclic) bond motifs is 5. The Labute approximate surface area is 827 Å². The Morgan fingerprint density at radius 3 is 0.871 bits per heavy atom. The molecule has 6 amide bonds. The molecule has 700 valence electrons. The van der Waals surface area contributed by atoms with Gasteiger partial charge in [0.1, 0.15) is 8.64 Å². The van der Waals surface area contributed by atoms with Gasteiger partial charge >= 0.3 is 0 Å². The Hall–Kier alpha value is -7.42. The van der Waals surface area contributed by atoms with Gasteiger partial charge in [-0.25, -0.2) is 0 Å². The molecule has 6 aliphatic rings. The molecule has 23 heteroatoms. The maximum atomic E-state index is 16.2. The smallest absolute Gasteiger partial charge is 0.266 e. The van der Waals surface area contributed by atoms with Crippen LogP contribution in [0.4, 0.5) is 0 Å². The number of likely N-dealkylation sites (N-methyl/N-ethyl adjacent to an activating group) is 2. The van der Waals surface area contributed by atoms with Crippen molar-refractivity contribution < 1.29 is 28.8 Å². The first-order chi connectivity index (χ1) is 64.3. The number of hydrogen-bond acceptors (Lipinski definition) is 16. The summed E-state index contributed by atoms with van der Waals surface area (Å²) in [4.78, 5) is 116. The van der Waals surface area contributed by atoms with Crippen molar-refractivity contribution in [2.45, 2.75) is 282 Å². The quantitative estimate of drug-likeness (QED) is 0.0207. The van der Waals surface area contributed by atoms with Crippen LogP contribution in [0.3, 0.4) is 0 Å². The van der Waals surface area contributed by atoms with Gasteiger partial charge in [-0.05, 0) is 184 Å². The summed E-state index contributed by atoms with van der Waals surface area (Å²) in [5, 5.41) is 2.42. The van der Waals surface area contributed by atoms with E-state index in [2.05, 4.69) is 183 Å². The van der Waals surface area contributed by atoms with Crippen LogP contribution in [0.1, 0.15) is 311 Å². The fraction of sp³-hybridized carbons (Fsp3) is 0.486. The van der Waals surface area contributed by atoms with Crippen LogP contribution < -0.4 is 0 Å². The zero-order valence-electron chi connectivity index (χ0n) is 79.6. The van der Waals surface area contributed by atoms with E-state index < -0.39 is 0 Å². The number of unbranched alkanes of at least 4 members (excludes halogenated alkanes) is 14. The van der Waals surface area contributed by atoms with Crippen LogP contribution in [0, 0.1) is 23.7 Å². The van der Waals surface area contributed by atoms with E-state index in [4.69, 9.17) is 24.4 Å². The Balaban J connectivity index is 0.843. The average Bonchev–Trinajstić information content (AvgIpc) is 1.56. The van der Waals surface area contributed by atoms with Gasteiger partial charge in [0.15, 0.2) is 0 Å². The number of hydrogen-bond donors (Lipinski definition) is 0. The van der Waals surface area contributed by atoms with Crippen LogP contribution in [-0.2, 0) is 28.8 Å². The van der Waals surface area contributed by atoms with Crippen molar-refractivity contribution in [3.63, 3.8) is 0 Å². The third-order valence-electron chi connectivity index (χ3n) is 27.8. The molecule has 7 aromatic heterocycles. The normalized spacial score (nSPS) is 17.2. The van der Waals surface area contributed by atoms with Gasteiger partial charge in [-0.3, -0.25) is 38.6 Å². The molecule has 0 bridgehead atoms. The monoisotopic (exact) mass is 1960 g/mol. The fourth-order valence-electron chi connectivity index (χ4n) is 20.1. The van der Waals surface area contributed by atoms with Crippen LogP contribution >= 0.6 is 116 Å². The molecule has 15 rings (SSSR count). The number of thiophene rings is 6. The Bertz CT molecular complexity index is 5590. The lowest BCUT2D eigenvalue weighted by molar-refractivity contribution is -0.124. The van der Waals surface area contributed by atoms with E-state index in [-0.39, 0.29) is 65.2 Å². The highest BCUT2D eigenvalue weighted by Gasteiger charge is 2.53. The van der Waals surface area contributed by atoms with Crippen molar-refractivity contribution >= 4 is 217 Å². The standard InChI is InChI=1S/C109H133N7O6S10/c1-13-25-31-33-35-37-43-75(44-38-36-34-32-26-14-2)116-80-61-73(82-53-57-88(127-82)98-94-96(106(121)112(98)65-69(19-7)39-27-15-3)100(114(104(94)119)67-71(21-9)41-29-17-5)90-59-55-86(129-90)84-51-47-76(125-84)63-92-102(117)110(23-11)108(123)131-92)45-49-78(80)79-50-46-74(62-81(79)116)83-54-58-89(128-83)99-95-97(107(122)113(99)66-70(20-8)40-28-16-4)101(115(105(95)120)68-72(22-10)42-30-18-6)91-60-56-87(130-91)85-52-48-77(126-85)64-93-103(118)111(24-12)109(124)132-93/h45-64,69-72,75H,13-44,65-68H2,1-12H3/b92-63-,93-64-. The van der Waals surface area contributed by atoms with Gasteiger partial charge < -0.3 is 24.2 Å². The van der Waals surface area contributed by atoms with Crippen LogP contribution in [0.25, 0.3) is 97.1 Å². The molecule has 2 aromatic carbocycles. The lowest BCUT2D eigenvalue weighted by Gasteiger charge is -2.29. The first-order valence-electron chi connectivity index (χ1n) is 49.7. The third-order valence-corrected chi connectivity index (χ3v) is 37.5. The van der Waals surface area contributed by atoms with Gasteiger partial charge in [0.2, 0.25) is 0 Å². The minimum Gasteiger partial charge on any atom is -0.337 e. The molecule has 13 heterocycles. The van der Waals surface area contributed by atoms with Gasteiger partial charge in [0.25, 0.3) is 35.4 Å². The minimum absolute atomic E-state index is 0.0607. The van der Waals surface area contributed by atoms with Crippen molar-refractivity contribution in [3.05, 3.63) is 171 Å². The molecule has 0 saturated carbocycles. The van der Waals surface area contributed by atoms with Crippen LogP contribution in [-0.4, -0.2) is 117 Å². The first kappa shape index (κ1) is 99.1. The molecule has 13 nitrogen and oxygen atoms in total. The SMILES string of the molecule is CCCCCCCCC(CCCCCCCC)n1c2cc(-c3ccc(C4=C5C(=O)N(CC(CC)CCCC)C(c6ccc(-c7ccc(/C=C8\SC(=S)N(CC)C8=O)s7)s6)=C5C(=O)N4CC(CC)CCCC)s3)ccc2c2ccc(-c3ccc(C4=C5C(=O)N(CC(CC)CCCC)C(c6ccc(-c7ccc(/C=C8\SC(=S)N(CC)C8=O)s7)s6)=C5C(=O)N4CC(CC)CCCC)s3)cc21. The summed E-state index contributed by atoms with van der Waals surface area (Å²) in [6, 6.07) is 40.2. The second-order valence-electron chi connectivity index (χ2n) is 36.7. The molecule has 0 aliphatic carbocycles. The Morgan fingerprint density at radius 2 is 0.568 bits per heavy atom. The Morgan fingerprint density at radius 1 is 0.288 bits per heavy atom. The summed E-state index contributed by atoms with van der Waals surface area (Å²) < 4.78 is 3.90. The van der Waals surface area contributed by atoms with E-state index in [1.54, 1.807) is 77.8 Å². The van der Waals surface area contributed by atoms with E-state index >= 15 is 19.2 Å². The summed E-state index contributed by atoms with van der Waals surface area (Å²) in [6.45, 7) is 29.5. The second-order valence-corrected chi connectivity index (χ2v) is 46.7. The van der Waals surface area contributed by atoms with E-state index in [0.717, 1.165) is 221 Å². The molecule has 0 radical (unpaired) electrons. The molecular weight excluding hydrogens is 1820 g/mol. The number of carbonyl (C=O) groups excluding carboxylic acids is 6. The van der Waals surface area contributed by atoms with Crippen LogP contribution in [0.15, 0.2) is 141 Å². The Kier molecular flexibility index (Phi) is 34.6. The van der Waals surface area contributed by atoms with Crippen molar-refractivity contribution in [3.8, 4) is 40.4 Å². The number of nitrogens with zero attached hydrogens (tertiary/aromatic N) is 7. The summed E-state index contributed by atoms with van der Waals surface area (Å²) >= 11 is 23.8. The maximum absolute atomic E-state index is 16.2. The number of carbonyl (C=O) groups is 6. The van der Waals surface area contributed by atoms with Crippen molar-refractivity contribution in [1.29, 1.82) is 0 Å². The molecule has 6 aliphatic heterocycles. The minimum atomic E-state index is -0.0925. The largest absolute Gasteiger partial charge is 0.337 e. The van der Waals surface area contributed by atoms with Crippen LogP contribution in [0.5, 0.6) is 0 Å². The maximum Gasteiger partial charge on any atom is 0.266 e. The highest BCUT2D eigenvalue weighted by molar-refractivity contribution is 8.27. The van der Waals surface area contributed by atoms with Crippen molar-refractivity contribution in [2.24, 2.45) is 23.7 Å². The highest BCUT2D eigenvalue weighted by atomic mass is 32.2. The first-order valence-corrected chi connectivity index (χ1v) is 57.1. The predicted octanol–water partition coefficient (Wildman–Crippen LogP) is 31.8. The number of aromatic nitrogens is 1. The molecule has 9 aromatic rings. The van der Waals surface area contributed by atoms with Gasteiger partial charge in [0, 0.05) is 95.1 Å². The van der Waals surface area contributed by atoms with Crippen molar-refractivity contribution in [2.75, 3.05) is 39.3 Å². The number of amides is 6. The molecule has 4 atom stereocenters. The lowest BCUT2D eigenvalue weighted by Crippen LogP contribution is -2.34. The average molecular weight is 1960 g/mol. The number of thiocarbonyl (C=S) groups is 2. The number of benzene rings is 2. The van der Waals surface area contributed by atoms with Gasteiger partial charge in [-0.15, -0.1) is 68.0 Å². The topological polar surface area (TPSA) is 127 Å². The zero-order valence-corrected chi connectivity index (χ0v) is 87.7. The lowest BCUT2D eigenvalue weighted by atomic mass is 9.98. The molecule has 2 saturated heterocycles. The molecule has 4 unspecified atom stereocenters. The van der Waals surface area contributed by atoms with E-state index in [1.165, 1.54) is 110 Å². The number of rotatable bonds is 51. The molecule has 132 heavy (non-hydrogen) atoms. The van der Waals surface area contributed by atoms with Crippen LogP contribution in [0.2, 0.25) is 0 Å². The fourth-order valence-corrected chi connectivity index (χ4v) is 29.3. The second kappa shape index (κ2) is 46.2. The molecular formula is C109H133N7O6S10.